The molecule has 0 aliphatic rings. The molecule has 102 valence electrons. The number of nitrogens with two attached hydrogens (primary N) is 1. The van der Waals surface area contributed by atoms with E-state index in [-0.39, 0.29) is 17.0 Å². The molecular weight excluding hydrogens is 356 g/mol. The van der Waals surface area contributed by atoms with Gasteiger partial charge in [-0.3, -0.25) is 5.73 Å². The van der Waals surface area contributed by atoms with Crippen LogP contribution in [0.3, 0.4) is 0 Å². The van der Waals surface area contributed by atoms with Gasteiger partial charge in [-0.2, -0.15) is 4.57 Å². The van der Waals surface area contributed by atoms with Gasteiger partial charge in [-0.15, -0.1) is 0 Å². The lowest BCUT2D eigenvalue weighted by molar-refractivity contribution is -0.563. The molecule has 0 bridgehead atoms. The predicted molar refractivity (Wildman–Crippen MR) is 80.7 cm³/mol. The van der Waals surface area contributed by atoms with Crippen molar-refractivity contribution in [3.8, 4) is 16.9 Å². The summed E-state index contributed by atoms with van der Waals surface area (Å²) in [5.41, 5.74) is 9.33. The van der Waals surface area contributed by atoms with Gasteiger partial charge in [-0.1, -0.05) is 41.1 Å². The highest BCUT2D eigenvalue weighted by molar-refractivity contribution is 7.13. The highest BCUT2D eigenvalue weighted by Crippen LogP contribution is 2.24. The minimum atomic E-state index is 0. The Labute approximate surface area is 137 Å². The van der Waals surface area contributed by atoms with E-state index in [1.165, 1.54) is 11.3 Å². The molecule has 0 spiro atoms. The largest absolute Gasteiger partial charge is 1.00 e. The minimum absolute atomic E-state index is 0. The molecule has 0 saturated carbocycles. The van der Waals surface area contributed by atoms with Gasteiger partial charge in [0.15, 0.2) is 5.69 Å². The molecule has 20 heavy (non-hydrogen) atoms. The van der Waals surface area contributed by atoms with Gasteiger partial charge in [0.05, 0.1) is 0 Å². The van der Waals surface area contributed by atoms with Crippen molar-refractivity contribution in [3.05, 3.63) is 65.0 Å². The van der Waals surface area contributed by atoms with E-state index in [2.05, 4.69) is 5.38 Å². The zero-order chi connectivity index (χ0) is 13.2. The van der Waals surface area contributed by atoms with Crippen molar-refractivity contribution in [2.75, 3.05) is 5.73 Å². The molecule has 0 saturated heterocycles. The third-order valence-electron chi connectivity index (χ3n) is 2.91. The summed E-state index contributed by atoms with van der Waals surface area (Å²) in [6, 6.07) is 17.9. The van der Waals surface area contributed by atoms with E-state index < -0.39 is 0 Å². The molecule has 0 radical (unpaired) electrons. The summed E-state index contributed by atoms with van der Waals surface area (Å²) < 4.78 is 2.05. The Kier molecular flexibility index (Phi) is 4.81. The minimum Gasteiger partial charge on any atom is -1.00 e. The summed E-state index contributed by atoms with van der Waals surface area (Å²) in [6.45, 7) is 0. The van der Waals surface area contributed by atoms with E-state index >= 15 is 0 Å². The molecule has 1 aromatic heterocycles. The summed E-state index contributed by atoms with van der Waals surface area (Å²) in [5.74, 6) is 0. The summed E-state index contributed by atoms with van der Waals surface area (Å²) in [6.07, 6.45) is 0. The number of para-hydroxylation sites is 1. The molecule has 2 N–H and O–H groups in total. The van der Waals surface area contributed by atoms with Crippen LogP contribution in [-0.4, -0.2) is 0 Å². The van der Waals surface area contributed by atoms with Crippen LogP contribution in [0, 0.1) is 0 Å². The third-order valence-corrected chi connectivity index (χ3v) is 3.92. The molecule has 0 unspecified atom stereocenters. The van der Waals surface area contributed by atoms with E-state index in [4.69, 9.17) is 17.3 Å². The molecule has 3 rings (SSSR count). The molecule has 0 aliphatic heterocycles. The lowest BCUT2D eigenvalue weighted by atomic mass is 10.1. The zero-order valence-electron chi connectivity index (χ0n) is 10.5. The van der Waals surface area contributed by atoms with E-state index in [0.717, 1.165) is 27.1 Å². The third kappa shape index (κ3) is 2.87. The number of benzene rings is 2. The molecule has 0 atom stereocenters. The fourth-order valence-electron chi connectivity index (χ4n) is 2.00. The number of aromatic nitrogens is 1. The van der Waals surface area contributed by atoms with E-state index in [1.807, 2.05) is 59.2 Å². The van der Waals surface area contributed by atoms with Crippen LogP contribution in [0.15, 0.2) is 60.0 Å². The maximum atomic E-state index is 6.10. The Morgan fingerprint density at radius 1 is 0.950 bits per heavy atom. The van der Waals surface area contributed by atoms with Crippen molar-refractivity contribution in [1.82, 2.24) is 0 Å². The first kappa shape index (κ1) is 15.0. The second kappa shape index (κ2) is 6.39. The molecule has 0 fully saturated rings. The summed E-state index contributed by atoms with van der Waals surface area (Å²) in [4.78, 5) is 0. The number of hydrogen-bond acceptors (Lipinski definition) is 2. The number of nitrogen functional groups attached to an aromatic ring is 1. The Balaban J connectivity index is 0.00000147. The lowest BCUT2D eigenvalue weighted by Crippen LogP contribution is -3.00. The van der Waals surface area contributed by atoms with Crippen LogP contribution in [0.4, 0.5) is 5.13 Å². The van der Waals surface area contributed by atoms with Crippen LogP contribution < -0.4 is 27.3 Å². The van der Waals surface area contributed by atoms with Crippen molar-refractivity contribution in [2.45, 2.75) is 0 Å². The van der Waals surface area contributed by atoms with Crippen LogP contribution >= 0.6 is 22.9 Å². The van der Waals surface area contributed by atoms with Crippen LogP contribution in [0.1, 0.15) is 0 Å². The number of rotatable bonds is 2. The topological polar surface area (TPSA) is 29.9 Å². The maximum Gasteiger partial charge on any atom is 0.337 e. The normalized spacial score (nSPS) is 10.1. The van der Waals surface area contributed by atoms with Gasteiger partial charge in [0.2, 0.25) is 0 Å². The quantitative estimate of drug-likeness (QED) is 0.671. The second-order valence-electron chi connectivity index (χ2n) is 4.14. The lowest BCUT2D eigenvalue weighted by Gasteiger charge is -2.03. The van der Waals surface area contributed by atoms with Crippen molar-refractivity contribution >= 4 is 28.1 Å². The fourth-order valence-corrected chi connectivity index (χ4v) is 2.91. The molecular formula is C15H12BrClN2S. The monoisotopic (exact) mass is 366 g/mol. The number of thiazole rings is 1. The van der Waals surface area contributed by atoms with Gasteiger partial charge in [0, 0.05) is 16.0 Å². The Morgan fingerprint density at radius 2 is 1.60 bits per heavy atom. The zero-order valence-corrected chi connectivity index (χ0v) is 13.6. The first-order valence-corrected chi connectivity index (χ1v) is 7.12. The van der Waals surface area contributed by atoms with Crippen LogP contribution in [-0.2, 0) is 0 Å². The Hall–Kier alpha value is -1.36. The van der Waals surface area contributed by atoms with Crippen LogP contribution in [0.25, 0.3) is 16.9 Å². The maximum absolute atomic E-state index is 6.10. The number of anilines is 1. The summed E-state index contributed by atoms with van der Waals surface area (Å²) >= 11 is 7.46. The number of hydrogen-bond donors (Lipinski definition) is 1. The second-order valence-corrected chi connectivity index (χ2v) is 5.46. The predicted octanol–water partition coefficient (Wildman–Crippen LogP) is 0.931. The molecule has 0 aliphatic carbocycles. The molecule has 0 amide bonds. The smallest absolute Gasteiger partial charge is 0.337 e. The van der Waals surface area contributed by atoms with Gasteiger partial charge >= 0.3 is 5.13 Å². The first-order valence-electron chi connectivity index (χ1n) is 5.86. The van der Waals surface area contributed by atoms with Crippen molar-refractivity contribution < 1.29 is 21.5 Å². The van der Waals surface area contributed by atoms with Gasteiger partial charge < -0.3 is 17.0 Å². The number of halogens is 2. The van der Waals surface area contributed by atoms with Crippen LogP contribution in [0.2, 0.25) is 5.02 Å². The first-order chi connectivity index (χ1) is 9.25. The average molecular weight is 368 g/mol. The summed E-state index contributed by atoms with van der Waals surface area (Å²) in [7, 11) is 0. The summed E-state index contributed by atoms with van der Waals surface area (Å²) in [5, 5.41) is 3.56. The molecule has 2 aromatic carbocycles. The average Bonchev–Trinajstić information content (AvgIpc) is 2.82. The highest BCUT2D eigenvalue weighted by Gasteiger charge is 2.17. The fraction of sp³-hybridized carbons (Fsp3) is 0. The van der Waals surface area contributed by atoms with Crippen LogP contribution in [0.5, 0.6) is 0 Å². The van der Waals surface area contributed by atoms with Crippen molar-refractivity contribution in [1.29, 1.82) is 0 Å². The standard InChI is InChI=1S/C15H11ClN2S.BrH/c16-12-8-6-11(7-9-12)14-10-19-15(17)18(14)13-4-2-1-3-5-13;/h1-10,17H;1H. The van der Waals surface area contributed by atoms with Crippen molar-refractivity contribution in [2.24, 2.45) is 0 Å². The van der Waals surface area contributed by atoms with E-state index in [1.54, 1.807) is 0 Å². The molecule has 2 nitrogen and oxygen atoms in total. The number of nitrogens with zero attached hydrogens (tertiary/aromatic N) is 1. The Morgan fingerprint density at radius 3 is 2.25 bits per heavy atom. The van der Waals surface area contributed by atoms with Gasteiger partial charge in [0.25, 0.3) is 0 Å². The molecule has 5 heteroatoms. The van der Waals surface area contributed by atoms with Crippen molar-refractivity contribution in [3.63, 3.8) is 0 Å². The van der Waals surface area contributed by atoms with Gasteiger partial charge in [-0.25, -0.2) is 0 Å². The van der Waals surface area contributed by atoms with E-state index in [0.29, 0.717) is 0 Å². The SMILES string of the molecule is Nc1scc(-c2ccc(Cl)cc2)[n+]1-c1ccccc1.[Br-]. The van der Waals surface area contributed by atoms with E-state index in [9.17, 15) is 0 Å². The van der Waals surface area contributed by atoms with Gasteiger partial charge in [0.1, 0.15) is 5.69 Å². The Bertz CT molecular complexity index is 696. The molecule has 3 aromatic rings. The van der Waals surface area contributed by atoms with Gasteiger partial charge in [-0.05, 0) is 36.4 Å². The molecule has 1 heterocycles. The highest BCUT2D eigenvalue weighted by atomic mass is 79.9.